The van der Waals surface area contributed by atoms with Crippen LogP contribution in [0, 0.1) is 36.5 Å². The number of ether oxygens (including phenoxy) is 2. The molecule has 2 amide bonds. The molecule has 36 heavy (non-hydrogen) atoms. The van der Waals surface area contributed by atoms with Crippen molar-refractivity contribution in [1.82, 2.24) is 0 Å². The summed E-state index contributed by atoms with van der Waals surface area (Å²) in [5.74, 6) is -1.45. The fourth-order valence-electron chi connectivity index (χ4n) is 5.01. The van der Waals surface area contributed by atoms with E-state index >= 15 is 0 Å². The average molecular weight is 482 g/mol. The molecule has 2 aromatic rings. The van der Waals surface area contributed by atoms with E-state index in [1.807, 2.05) is 12.1 Å². The van der Waals surface area contributed by atoms with Gasteiger partial charge in [0.25, 0.3) is 23.0 Å². The normalized spacial score (nSPS) is 21.8. The van der Waals surface area contributed by atoms with E-state index in [2.05, 4.69) is 13.2 Å². The molecule has 9 heteroatoms. The Bertz CT molecular complexity index is 1370. The lowest BCUT2D eigenvalue weighted by atomic mass is 9.87. The van der Waals surface area contributed by atoms with Crippen LogP contribution in [0.5, 0.6) is 0 Å². The van der Waals surface area contributed by atoms with Crippen LogP contribution in [0.2, 0.25) is 0 Å². The summed E-state index contributed by atoms with van der Waals surface area (Å²) in [5, 5.41) is 19.4. The average Bonchev–Trinajstić information content (AvgIpc) is 3.21. The lowest BCUT2D eigenvalue weighted by Gasteiger charge is -2.31. The van der Waals surface area contributed by atoms with Gasteiger partial charge in [0.1, 0.15) is 0 Å². The fraction of sp³-hybridized carbons (Fsp3) is 0.222. The Labute approximate surface area is 208 Å². The molecule has 2 aromatic carbocycles. The summed E-state index contributed by atoms with van der Waals surface area (Å²) < 4.78 is 11.3. The third-order valence-corrected chi connectivity index (χ3v) is 6.71. The van der Waals surface area contributed by atoms with Gasteiger partial charge in [0, 0.05) is 25.2 Å². The standard InChI is InChI=1S/C27H22N4O5/c1-15-9-7-11-19-21(15)30(5)23(32)26(19,17(3)13-28)35-25(34)36-27(18(4)14-29)20-12-8-10-16(2)22(20)31(6)24(27)33/h7-12H,3-4H2,1-2,5-6H3. The number of amides is 2. The van der Waals surface area contributed by atoms with Crippen molar-refractivity contribution < 1.29 is 23.9 Å². The van der Waals surface area contributed by atoms with E-state index in [-0.39, 0.29) is 22.3 Å². The van der Waals surface area contributed by atoms with Gasteiger partial charge in [0.15, 0.2) is 0 Å². The number of likely N-dealkylation sites (N-methyl/N-ethyl adjacent to an activating group) is 2. The maximum absolute atomic E-state index is 13.5. The summed E-state index contributed by atoms with van der Waals surface area (Å²) in [7, 11) is 2.98. The Morgan fingerprint density at radius 2 is 1.17 bits per heavy atom. The minimum Gasteiger partial charge on any atom is -0.407 e. The van der Waals surface area contributed by atoms with Crippen molar-refractivity contribution in [1.29, 1.82) is 10.5 Å². The van der Waals surface area contributed by atoms with Crippen molar-refractivity contribution in [3.8, 4) is 12.1 Å². The van der Waals surface area contributed by atoms with Crippen LogP contribution < -0.4 is 9.80 Å². The quantitative estimate of drug-likeness (QED) is 0.481. The van der Waals surface area contributed by atoms with Gasteiger partial charge in [-0.2, -0.15) is 10.5 Å². The first kappa shape index (κ1) is 24.2. The predicted octanol–water partition coefficient (Wildman–Crippen LogP) is 3.66. The molecule has 180 valence electrons. The van der Waals surface area contributed by atoms with Crippen LogP contribution in [0.4, 0.5) is 16.2 Å². The molecule has 2 heterocycles. The molecule has 0 spiro atoms. The van der Waals surface area contributed by atoms with Gasteiger partial charge in [-0.3, -0.25) is 9.59 Å². The molecule has 0 radical (unpaired) electrons. The lowest BCUT2D eigenvalue weighted by Crippen LogP contribution is -2.47. The van der Waals surface area contributed by atoms with Crippen molar-refractivity contribution in [2.75, 3.05) is 23.9 Å². The molecule has 0 fully saturated rings. The van der Waals surface area contributed by atoms with Crippen LogP contribution >= 0.6 is 0 Å². The Hall–Kier alpha value is -4.89. The zero-order chi connectivity index (χ0) is 26.6. The number of nitriles is 2. The Morgan fingerprint density at radius 1 is 0.806 bits per heavy atom. The molecule has 0 saturated carbocycles. The number of aryl methyl sites for hydroxylation is 2. The topological polar surface area (TPSA) is 124 Å². The van der Waals surface area contributed by atoms with E-state index in [1.54, 1.807) is 50.2 Å². The largest absolute Gasteiger partial charge is 0.511 e. The van der Waals surface area contributed by atoms with Crippen molar-refractivity contribution >= 4 is 29.3 Å². The van der Waals surface area contributed by atoms with Crippen molar-refractivity contribution in [3.63, 3.8) is 0 Å². The van der Waals surface area contributed by atoms with Crippen molar-refractivity contribution in [3.05, 3.63) is 83.0 Å². The van der Waals surface area contributed by atoms with Crippen LogP contribution in [0.15, 0.2) is 60.7 Å². The first-order chi connectivity index (χ1) is 17.0. The second-order valence-electron chi connectivity index (χ2n) is 8.67. The van der Waals surface area contributed by atoms with E-state index in [0.717, 1.165) is 0 Å². The van der Waals surface area contributed by atoms with Gasteiger partial charge in [-0.1, -0.05) is 49.6 Å². The SMILES string of the molecule is C=C(C#N)C1(OC(=O)OC2(C(=C)C#N)C(=O)N(C)c3c(C)cccc32)C(=O)N(C)c2c(C)cccc21. The summed E-state index contributed by atoms with van der Waals surface area (Å²) in [6, 6.07) is 13.6. The number of anilines is 2. The number of rotatable bonds is 4. The summed E-state index contributed by atoms with van der Waals surface area (Å²) in [5.41, 5.74) is -2.31. The van der Waals surface area contributed by atoms with Gasteiger partial charge in [0.2, 0.25) is 0 Å². The second kappa shape index (κ2) is 8.10. The number of hydrogen-bond acceptors (Lipinski definition) is 7. The first-order valence-electron chi connectivity index (χ1n) is 10.9. The number of nitrogens with zero attached hydrogens (tertiary/aromatic N) is 4. The predicted molar refractivity (Wildman–Crippen MR) is 130 cm³/mol. The van der Waals surface area contributed by atoms with Gasteiger partial charge in [-0.25, -0.2) is 4.79 Å². The number of hydrogen-bond donors (Lipinski definition) is 0. The van der Waals surface area contributed by atoms with E-state index in [0.29, 0.717) is 22.5 Å². The first-order valence-corrected chi connectivity index (χ1v) is 10.9. The number of carbonyl (C=O) groups is 3. The number of para-hydroxylation sites is 2. The Kier molecular flexibility index (Phi) is 5.46. The molecule has 9 nitrogen and oxygen atoms in total. The molecule has 2 unspecified atom stereocenters. The molecule has 2 atom stereocenters. The molecular formula is C27H22N4O5. The third kappa shape index (κ3) is 2.90. The number of fused-ring (bicyclic) bond motifs is 2. The van der Waals surface area contributed by atoms with Gasteiger partial charge in [0.05, 0.1) is 34.7 Å². The van der Waals surface area contributed by atoms with E-state index < -0.39 is 29.2 Å². The Morgan fingerprint density at radius 3 is 1.50 bits per heavy atom. The monoisotopic (exact) mass is 482 g/mol. The highest BCUT2D eigenvalue weighted by atomic mass is 16.7. The van der Waals surface area contributed by atoms with Crippen LogP contribution in [0.25, 0.3) is 0 Å². The highest BCUT2D eigenvalue weighted by molar-refractivity contribution is 6.12. The molecular weight excluding hydrogens is 460 g/mol. The molecule has 4 rings (SSSR count). The molecule has 0 aromatic heterocycles. The molecule has 0 aliphatic carbocycles. The number of benzene rings is 2. The molecule has 2 aliphatic heterocycles. The lowest BCUT2D eigenvalue weighted by molar-refractivity contribution is -0.142. The van der Waals surface area contributed by atoms with Crippen molar-refractivity contribution in [2.45, 2.75) is 25.0 Å². The van der Waals surface area contributed by atoms with Crippen LogP contribution in [-0.2, 0) is 30.3 Å². The zero-order valence-electron chi connectivity index (χ0n) is 20.2. The second-order valence-corrected chi connectivity index (χ2v) is 8.67. The molecule has 0 saturated heterocycles. The third-order valence-electron chi connectivity index (χ3n) is 6.71. The highest BCUT2D eigenvalue weighted by Gasteiger charge is 2.60. The summed E-state index contributed by atoms with van der Waals surface area (Å²) in [6.45, 7) is 10.9. The van der Waals surface area contributed by atoms with Gasteiger partial charge < -0.3 is 19.3 Å². The van der Waals surface area contributed by atoms with E-state index in [4.69, 9.17) is 9.47 Å². The zero-order valence-corrected chi connectivity index (χ0v) is 20.2. The van der Waals surface area contributed by atoms with Crippen molar-refractivity contribution in [2.24, 2.45) is 0 Å². The minimum atomic E-state index is -2.21. The molecule has 2 aliphatic rings. The van der Waals surface area contributed by atoms with Gasteiger partial charge >= 0.3 is 6.16 Å². The maximum Gasteiger partial charge on any atom is 0.511 e. The minimum absolute atomic E-state index is 0.234. The summed E-state index contributed by atoms with van der Waals surface area (Å²) in [6.07, 6.45) is -1.45. The smallest absolute Gasteiger partial charge is 0.407 e. The summed E-state index contributed by atoms with van der Waals surface area (Å²) >= 11 is 0. The molecule has 0 bridgehead atoms. The molecule has 0 N–H and O–H groups in total. The van der Waals surface area contributed by atoms with Gasteiger partial charge in [-0.15, -0.1) is 0 Å². The van der Waals surface area contributed by atoms with Crippen LogP contribution in [0.3, 0.4) is 0 Å². The Balaban J connectivity index is 1.86. The van der Waals surface area contributed by atoms with E-state index in [1.165, 1.54) is 23.9 Å². The summed E-state index contributed by atoms with van der Waals surface area (Å²) in [4.78, 5) is 42.9. The van der Waals surface area contributed by atoms with Crippen LogP contribution in [-0.4, -0.2) is 32.1 Å². The number of carbonyl (C=O) groups excluding carboxylic acids is 3. The van der Waals surface area contributed by atoms with E-state index in [9.17, 15) is 24.9 Å². The van der Waals surface area contributed by atoms with Gasteiger partial charge in [-0.05, 0) is 25.0 Å². The fourth-order valence-corrected chi connectivity index (χ4v) is 5.01. The van der Waals surface area contributed by atoms with Crippen LogP contribution in [0.1, 0.15) is 22.3 Å². The highest BCUT2D eigenvalue weighted by Crippen LogP contribution is 2.50. The maximum atomic E-state index is 13.5.